The molecule has 0 heterocycles. The van der Waals surface area contributed by atoms with E-state index in [0.29, 0.717) is 5.56 Å². The smallest absolute Gasteiger partial charge is 0.255 e. The minimum Gasteiger partial charge on any atom is -0.377 e. The first-order valence-electron chi connectivity index (χ1n) is 6.36. The maximum absolute atomic E-state index is 12.2. The van der Waals surface area contributed by atoms with Gasteiger partial charge in [0, 0.05) is 35.9 Å². The molecule has 1 amide bonds. The predicted octanol–water partition coefficient (Wildman–Crippen LogP) is 3.60. The van der Waals surface area contributed by atoms with Crippen LogP contribution in [0.25, 0.3) is 0 Å². The van der Waals surface area contributed by atoms with Gasteiger partial charge in [0.15, 0.2) is 0 Å². The number of rotatable bonds is 3. The largest absolute Gasteiger partial charge is 0.377 e. The lowest BCUT2D eigenvalue weighted by Crippen LogP contribution is -2.14. The molecule has 20 heavy (non-hydrogen) atoms. The monoisotopic (exact) mass is 286 g/mol. The summed E-state index contributed by atoms with van der Waals surface area (Å²) in [6.45, 7) is 2.05. The predicted molar refractivity (Wildman–Crippen MR) is 87.2 cm³/mol. The van der Waals surface area contributed by atoms with Crippen molar-refractivity contribution in [3.63, 3.8) is 0 Å². The zero-order valence-corrected chi connectivity index (χ0v) is 12.7. The highest BCUT2D eigenvalue weighted by molar-refractivity contribution is 7.80. The zero-order valence-electron chi connectivity index (χ0n) is 11.8. The van der Waals surface area contributed by atoms with Crippen LogP contribution in [0.3, 0.4) is 0 Å². The van der Waals surface area contributed by atoms with Crippen molar-refractivity contribution in [2.75, 3.05) is 24.3 Å². The lowest BCUT2D eigenvalue weighted by molar-refractivity contribution is 0.102. The Hall–Kier alpha value is -1.94. The molecule has 0 bridgehead atoms. The molecular weight excluding hydrogens is 268 g/mol. The summed E-state index contributed by atoms with van der Waals surface area (Å²) in [5, 5.41) is 2.91. The van der Waals surface area contributed by atoms with Gasteiger partial charge in [0.05, 0.1) is 0 Å². The maximum atomic E-state index is 12.2. The fraction of sp³-hybridized carbons (Fsp3) is 0.188. The van der Waals surface area contributed by atoms with E-state index >= 15 is 0 Å². The Morgan fingerprint density at radius 2 is 1.90 bits per heavy atom. The van der Waals surface area contributed by atoms with Gasteiger partial charge in [0.2, 0.25) is 0 Å². The average Bonchev–Trinajstić information content (AvgIpc) is 2.40. The number of hydrogen-bond donors (Lipinski definition) is 2. The Morgan fingerprint density at radius 1 is 1.15 bits per heavy atom. The van der Waals surface area contributed by atoms with Crippen molar-refractivity contribution in [1.82, 2.24) is 0 Å². The summed E-state index contributed by atoms with van der Waals surface area (Å²) in [4.78, 5) is 15.0. The Balaban J connectivity index is 2.22. The van der Waals surface area contributed by atoms with E-state index in [2.05, 4.69) is 17.9 Å². The standard InChI is InChI=1S/C16H18N2OS/c1-11-7-8-13(10-15(11)18(2)3)17-16(19)12-5-4-6-14(20)9-12/h4-10,20H,1-3H3,(H,17,19). The first kappa shape index (κ1) is 14.5. The number of anilines is 2. The van der Waals surface area contributed by atoms with Crippen LogP contribution in [0.1, 0.15) is 15.9 Å². The highest BCUT2D eigenvalue weighted by Crippen LogP contribution is 2.23. The molecule has 0 aliphatic rings. The van der Waals surface area contributed by atoms with E-state index in [9.17, 15) is 4.79 Å². The van der Waals surface area contributed by atoms with E-state index in [1.807, 2.05) is 56.3 Å². The van der Waals surface area contributed by atoms with Crippen LogP contribution in [-0.4, -0.2) is 20.0 Å². The summed E-state index contributed by atoms with van der Waals surface area (Å²) in [5.41, 5.74) is 3.65. The second-order valence-corrected chi connectivity index (χ2v) is 5.42. The average molecular weight is 286 g/mol. The fourth-order valence-electron chi connectivity index (χ4n) is 2.02. The quantitative estimate of drug-likeness (QED) is 0.845. The van der Waals surface area contributed by atoms with E-state index in [0.717, 1.165) is 16.3 Å². The van der Waals surface area contributed by atoms with Crippen molar-refractivity contribution < 1.29 is 4.79 Å². The third-order valence-electron chi connectivity index (χ3n) is 3.06. The number of carbonyl (C=O) groups is 1. The topological polar surface area (TPSA) is 32.3 Å². The van der Waals surface area contributed by atoms with Gasteiger partial charge in [0.25, 0.3) is 5.91 Å². The van der Waals surface area contributed by atoms with Crippen molar-refractivity contribution in [2.24, 2.45) is 0 Å². The molecule has 0 saturated carbocycles. The van der Waals surface area contributed by atoms with Crippen molar-refractivity contribution in [3.05, 3.63) is 53.6 Å². The first-order valence-corrected chi connectivity index (χ1v) is 6.80. The molecule has 1 N–H and O–H groups in total. The molecule has 0 aliphatic heterocycles. The first-order chi connectivity index (χ1) is 9.47. The lowest BCUT2D eigenvalue weighted by Gasteiger charge is -2.17. The van der Waals surface area contributed by atoms with Gasteiger partial charge in [-0.25, -0.2) is 0 Å². The van der Waals surface area contributed by atoms with Crippen LogP contribution < -0.4 is 10.2 Å². The highest BCUT2D eigenvalue weighted by Gasteiger charge is 2.08. The number of aryl methyl sites for hydroxylation is 1. The molecular formula is C16H18N2OS. The molecule has 0 aromatic heterocycles. The summed E-state index contributed by atoms with van der Waals surface area (Å²) in [7, 11) is 3.97. The van der Waals surface area contributed by atoms with Crippen molar-refractivity contribution in [1.29, 1.82) is 0 Å². The van der Waals surface area contributed by atoms with Gasteiger partial charge in [-0.2, -0.15) is 0 Å². The number of nitrogens with one attached hydrogen (secondary N) is 1. The molecule has 104 valence electrons. The van der Waals surface area contributed by atoms with E-state index < -0.39 is 0 Å². The molecule has 0 saturated heterocycles. The van der Waals surface area contributed by atoms with Crippen molar-refractivity contribution in [3.8, 4) is 0 Å². The van der Waals surface area contributed by atoms with Crippen LogP contribution in [0.15, 0.2) is 47.4 Å². The molecule has 0 fully saturated rings. The number of thiol groups is 1. The van der Waals surface area contributed by atoms with Gasteiger partial charge in [-0.15, -0.1) is 12.6 Å². The summed E-state index contributed by atoms with van der Waals surface area (Å²) in [5.74, 6) is -0.130. The maximum Gasteiger partial charge on any atom is 0.255 e. The third-order valence-corrected chi connectivity index (χ3v) is 3.34. The Bertz CT molecular complexity index is 638. The highest BCUT2D eigenvalue weighted by atomic mass is 32.1. The Labute approximate surface area is 125 Å². The molecule has 4 heteroatoms. The normalized spacial score (nSPS) is 10.2. The molecule has 2 aromatic rings. The zero-order chi connectivity index (χ0) is 14.7. The van der Waals surface area contributed by atoms with E-state index in [1.165, 1.54) is 5.56 Å². The number of benzene rings is 2. The second kappa shape index (κ2) is 6.01. The van der Waals surface area contributed by atoms with Crippen LogP contribution in [0.2, 0.25) is 0 Å². The van der Waals surface area contributed by atoms with Gasteiger partial charge in [-0.1, -0.05) is 12.1 Å². The SMILES string of the molecule is Cc1ccc(NC(=O)c2cccc(S)c2)cc1N(C)C. The third kappa shape index (κ3) is 3.33. The summed E-state index contributed by atoms with van der Waals surface area (Å²) in [6, 6.07) is 13.1. The number of nitrogens with zero attached hydrogens (tertiary/aromatic N) is 1. The molecule has 0 spiro atoms. The summed E-state index contributed by atoms with van der Waals surface area (Å²) in [6.07, 6.45) is 0. The van der Waals surface area contributed by atoms with Gasteiger partial charge < -0.3 is 10.2 Å². The van der Waals surface area contributed by atoms with E-state index in [1.54, 1.807) is 12.1 Å². The van der Waals surface area contributed by atoms with Gasteiger partial charge in [0.1, 0.15) is 0 Å². The van der Waals surface area contributed by atoms with Crippen LogP contribution in [0.4, 0.5) is 11.4 Å². The minimum absolute atomic E-state index is 0.130. The molecule has 2 aromatic carbocycles. The minimum atomic E-state index is -0.130. The Morgan fingerprint density at radius 3 is 2.55 bits per heavy atom. The number of hydrogen-bond acceptors (Lipinski definition) is 3. The Kier molecular flexibility index (Phi) is 4.35. The molecule has 0 aliphatic carbocycles. The second-order valence-electron chi connectivity index (χ2n) is 4.90. The van der Waals surface area contributed by atoms with Gasteiger partial charge >= 0.3 is 0 Å². The molecule has 0 unspecified atom stereocenters. The van der Waals surface area contributed by atoms with Crippen molar-refractivity contribution in [2.45, 2.75) is 11.8 Å². The van der Waals surface area contributed by atoms with Gasteiger partial charge in [-0.05, 0) is 42.8 Å². The van der Waals surface area contributed by atoms with E-state index in [4.69, 9.17) is 0 Å². The van der Waals surface area contributed by atoms with Gasteiger partial charge in [-0.3, -0.25) is 4.79 Å². The van der Waals surface area contributed by atoms with Crippen LogP contribution in [0.5, 0.6) is 0 Å². The van der Waals surface area contributed by atoms with E-state index in [-0.39, 0.29) is 5.91 Å². The molecule has 2 rings (SSSR count). The molecule has 0 radical (unpaired) electrons. The number of carbonyl (C=O) groups excluding carboxylic acids is 1. The van der Waals surface area contributed by atoms with Crippen LogP contribution in [0, 0.1) is 6.92 Å². The number of amides is 1. The van der Waals surface area contributed by atoms with Crippen LogP contribution >= 0.6 is 12.6 Å². The molecule has 3 nitrogen and oxygen atoms in total. The van der Waals surface area contributed by atoms with Crippen molar-refractivity contribution >= 4 is 29.9 Å². The summed E-state index contributed by atoms with van der Waals surface area (Å²) >= 11 is 4.24. The summed E-state index contributed by atoms with van der Waals surface area (Å²) < 4.78 is 0. The van der Waals surface area contributed by atoms with Crippen LogP contribution in [-0.2, 0) is 0 Å². The lowest BCUT2D eigenvalue weighted by atomic mass is 10.1. The fourth-order valence-corrected chi connectivity index (χ4v) is 2.24. The molecule has 0 atom stereocenters.